The van der Waals surface area contributed by atoms with Crippen LogP contribution in [0.1, 0.15) is 33.6 Å². The number of guanidine groups is 1. The smallest absolute Gasteiger partial charge is 0.191 e. The maximum Gasteiger partial charge on any atom is 0.191 e. The van der Waals surface area contributed by atoms with Crippen molar-refractivity contribution in [1.82, 2.24) is 25.4 Å². The van der Waals surface area contributed by atoms with Crippen LogP contribution in [0.5, 0.6) is 0 Å². The summed E-state index contributed by atoms with van der Waals surface area (Å²) in [4.78, 5) is 4.55. The van der Waals surface area contributed by atoms with Crippen molar-refractivity contribution in [3.63, 3.8) is 0 Å². The van der Waals surface area contributed by atoms with Gasteiger partial charge in [0.2, 0.25) is 0 Å². The average Bonchev–Trinajstić information content (AvgIpc) is 2.97. The van der Waals surface area contributed by atoms with E-state index in [4.69, 9.17) is 4.74 Å². The molecule has 7 nitrogen and oxygen atoms in total. The Bertz CT molecular complexity index is 402. The second kappa shape index (κ2) is 9.33. The van der Waals surface area contributed by atoms with Gasteiger partial charge in [0, 0.05) is 26.7 Å². The van der Waals surface area contributed by atoms with Gasteiger partial charge in [-0.05, 0) is 33.6 Å². The molecule has 0 fully saturated rings. The lowest BCUT2D eigenvalue weighted by atomic mass is 10.1. The summed E-state index contributed by atoms with van der Waals surface area (Å²) in [7, 11) is 1.71. The minimum atomic E-state index is -0.239. The molecule has 7 heteroatoms. The zero-order valence-corrected chi connectivity index (χ0v) is 13.6. The van der Waals surface area contributed by atoms with Gasteiger partial charge in [0.05, 0.1) is 12.1 Å². The largest absolute Gasteiger partial charge is 0.377 e. The average molecular weight is 296 g/mol. The van der Waals surface area contributed by atoms with Crippen molar-refractivity contribution in [3.05, 3.63) is 12.7 Å². The van der Waals surface area contributed by atoms with E-state index in [1.54, 1.807) is 19.8 Å². The molecule has 1 heterocycles. The lowest BCUT2D eigenvalue weighted by molar-refractivity contribution is 0.0310. The first-order valence-corrected chi connectivity index (χ1v) is 7.47. The van der Waals surface area contributed by atoms with Gasteiger partial charge in [0.25, 0.3) is 0 Å². The van der Waals surface area contributed by atoms with Crippen molar-refractivity contribution in [2.24, 2.45) is 4.99 Å². The zero-order valence-electron chi connectivity index (χ0n) is 13.6. The van der Waals surface area contributed by atoms with Crippen molar-refractivity contribution in [1.29, 1.82) is 0 Å². The second-order valence-corrected chi connectivity index (χ2v) is 5.49. The molecule has 0 aliphatic carbocycles. The normalized spacial score (nSPS) is 12.5. The number of nitrogens with zero attached hydrogens (tertiary/aromatic N) is 4. The molecule has 0 aliphatic heterocycles. The fourth-order valence-electron chi connectivity index (χ4n) is 1.64. The summed E-state index contributed by atoms with van der Waals surface area (Å²) in [5.74, 6) is 0.840. The summed E-state index contributed by atoms with van der Waals surface area (Å²) in [6.07, 6.45) is 5.63. The van der Waals surface area contributed by atoms with E-state index >= 15 is 0 Å². The van der Waals surface area contributed by atoms with Crippen LogP contribution in [-0.2, 0) is 11.3 Å². The Labute approximate surface area is 127 Å². The van der Waals surface area contributed by atoms with Gasteiger partial charge >= 0.3 is 0 Å². The lowest BCUT2D eigenvalue weighted by Gasteiger charge is -2.21. The Balaban J connectivity index is 2.25. The number of aromatic nitrogens is 3. The Kier molecular flexibility index (Phi) is 7.74. The molecule has 0 aromatic carbocycles. The minimum absolute atomic E-state index is 0.239. The van der Waals surface area contributed by atoms with Crippen molar-refractivity contribution in [2.75, 3.05) is 26.7 Å². The van der Waals surface area contributed by atoms with E-state index < -0.39 is 0 Å². The summed E-state index contributed by atoms with van der Waals surface area (Å²) in [5, 5.41) is 14.2. The monoisotopic (exact) mass is 296 g/mol. The highest BCUT2D eigenvalue weighted by atomic mass is 16.5. The first-order valence-electron chi connectivity index (χ1n) is 7.47. The molecule has 21 heavy (non-hydrogen) atoms. The molecule has 120 valence electrons. The highest BCUT2D eigenvalue weighted by molar-refractivity contribution is 5.79. The Hall–Kier alpha value is -1.63. The van der Waals surface area contributed by atoms with Crippen LogP contribution in [0.2, 0.25) is 0 Å². The van der Waals surface area contributed by atoms with Crippen LogP contribution in [0, 0.1) is 0 Å². The van der Waals surface area contributed by atoms with Crippen LogP contribution < -0.4 is 10.6 Å². The second-order valence-electron chi connectivity index (χ2n) is 5.49. The zero-order chi connectivity index (χ0) is 15.6. The molecule has 2 N–H and O–H groups in total. The summed E-state index contributed by atoms with van der Waals surface area (Å²) in [6.45, 7) is 9.42. The van der Waals surface area contributed by atoms with Gasteiger partial charge in [-0.1, -0.05) is 0 Å². The van der Waals surface area contributed by atoms with Crippen LogP contribution in [0.25, 0.3) is 0 Å². The Morgan fingerprint density at radius 1 is 1.24 bits per heavy atom. The molecule has 0 unspecified atom stereocenters. The van der Waals surface area contributed by atoms with Gasteiger partial charge in [0.15, 0.2) is 5.96 Å². The van der Waals surface area contributed by atoms with Gasteiger partial charge in [0.1, 0.15) is 12.7 Å². The third-order valence-electron chi connectivity index (χ3n) is 3.12. The highest BCUT2D eigenvalue weighted by Gasteiger charge is 2.15. The molecule has 0 amide bonds. The maximum atomic E-state index is 5.37. The number of aryl methyl sites for hydroxylation is 1. The molecule has 1 aromatic heterocycles. The predicted molar refractivity (Wildman–Crippen MR) is 84.3 cm³/mol. The summed E-state index contributed by atoms with van der Waals surface area (Å²) >= 11 is 0. The lowest BCUT2D eigenvalue weighted by Crippen LogP contribution is -2.39. The minimum Gasteiger partial charge on any atom is -0.377 e. The molecule has 1 rings (SSSR count). The van der Waals surface area contributed by atoms with Gasteiger partial charge in [-0.25, -0.2) is 0 Å². The van der Waals surface area contributed by atoms with E-state index in [1.165, 1.54) is 0 Å². The number of hydrogen-bond donors (Lipinski definition) is 2. The molecule has 0 aliphatic rings. The van der Waals surface area contributed by atoms with Crippen LogP contribution in [0.15, 0.2) is 17.6 Å². The van der Waals surface area contributed by atoms with E-state index in [1.807, 2.05) is 18.4 Å². The van der Waals surface area contributed by atoms with Gasteiger partial charge in [-0.3, -0.25) is 4.99 Å². The molecule has 0 bridgehead atoms. The summed E-state index contributed by atoms with van der Waals surface area (Å²) in [6, 6.07) is 0. The van der Waals surface area contributed by atoms with Crippen molar-refractivity contribution in [2.45, 2.75) is 45.8 Å². The standard InChI is InChI=1S/C14H28N6O/c1-5-15-13(17-10-14(2,3)21-4)16-8-6-7-9-20-11-18-19-12-20/h11-12H,5-10H2,1-4H3,(H2,15,16,17). The molecule has 0 atom stereocenters. The van der Waals surface area contributed by atoms with Gasteiger partial charge in [-0.2, -0.15) is 0 Å². The molecule has 0 spiro atoms. The third-order valence-corrected chi connectivity index (χ3v) is 3.12. The fourth-order valence-corrected chi connectivity index (χ4v) is 1.64. The van der Waals surface area contributed by atoms with E-state index in [9.17, 15) is 0 Å². The van der Waals surface area contributed by atoms with Gasteiger partial charge in [-0.15, -0.1) is 10.2 Å². The molecular formula is C14H28N6O. The molecule has 0 saturated carbocycles. The van der Waals surface area contributed by atoms with Crippen molar-refractivity contribution in [3.8, 4) is 0 Å². The SMILES string of the molecule is CCNC(=NCC(C)(C)OC)NCCCCn1cnnc1. The van der Waals surface area contributed by atoms with Crippen LogP contribution in [0.4, 0.5) is 0 Å². The van der Waals surface area contributed by atoms with Gasteiger partial charge < -0.3 is 19.9 Å². The maximum absolute atomic E-state index is 5.37. The first kappa shape index (κ1) is 17.4. The van der Waals surface area contributed by atoms with Crippen LogP contribution >= 0.6 is 0 Å². The molecular weight excluding hydrogens is 268 g/mol. The van der Waals surface area contributed by atoms with Crippen molar-refractivity contribution >= 4 is 5.96 Å². The van der Waals surface area contributed by atoms with Crippen LogP contribution in [0.3, 0.4) is 0 Å². The number of aliphatic imine (C=N–C) groups is 1. The topological polar surface area (TPSA) is 76.4 Å². The highest BCUT2D eigenvalue weighted by Crippen LogP contribution is 2.06. The quantitative estimate of drug-likeness (QED) is 0.404. The predicted octanol–water partition coefficient (Wildman–Crippen LogP) is 1.04. The third kappa shape index (κ3) is 7.65. The Morgan fingerprint density at radius 2 is 1.95 bits per heavy atom. The fraction of sp³-hybridized carbons (Fsp3) is 0.786. The van der Waals surface area contributed by atoms with E-state index in [0.717, 1.165) is 38.4 Å². The number of hydrogen-bond acceptors (Lipinski definition) is 4. The summed E-state index contributed by atoms with van der Waals surface area (Å²) in [5.41, 5.74) is -0.239. The number of rotatable bonds is 9. The van der Waals surface area contributed by atoms with E-state index in [-0.39, 0.29) is 5.60 Å². The number of nitrogens with one attached hydrogen (secondary N) is 2. The molecule has 0 saturated heterocycles. The van der Waals surface area contributed by atoms with Crippen molar-refractivity contribution < 1.29 is 4.74 Å². The van der Waals surface area contributed by atoms with E-state index in [0.29, 0.717) is 6.54 Å². The first-order chi connectivity index (χ1) is 10.1. The van der Waals surface area contributed by atoms with Crippen LogP contribution in [-0.4, -0.2) is 53.1 Å². The number of methoxy groups -OCH3 is 1. The Morgan fingerprint density at radius 3 is 2.57 bits per heavy atom. The number of unbranched alkanes of at least 4 members (excludes halogenated alkanes) is 1. The van der Waals surface area contributed by atoms with E-state index in [2.05, 4.69) is 32.7 Å². The molecule has 1 aromatic rings. The summed E-state index contributed by atoms with van der Waals surface area (Å²) < 4.78 is 7.36. The molecule has 0 radical (unpaired) electrons. The number of ether oxygens (including phenoxy) is 1.